The summed E-state index contributed by atoms with van der Waals surface area (Å²) in [4.78, 5) is 2.98. The van der Waals surface area contributed by atoms with Gasteiger partial charge in [0.25, 0.3) is 0 Å². The topological polar surface area (TPSA) is 3.24 Å². The third-order valence-corrected chi connectivity index (χ3v) is 4.11. The van der Waals surface area contributed by atoms with Gasteiger partial charge in [0.1, 0.15) is 0 Å². The number of alkyl halides is 1. The van der Waals surface area contributed by atoms with Crippen LogP contribution in [0.15, 0.2) is 18.2 Å². The highest BCUT2D eigenvalue weighted by atomic mass is 79.9. The molecule has 0 N–H and O–H groups in total. The van der Waals surface area contributed by atoms with Crippen LogP contribution in [0.5, 0.6) is 0 Å². The second kappa shape index (κ2) is 5.05. The zero-order valence-corrected chi connectivity index (χ0v) is 11.3. The molecule has 15 heavy (non-hydrogen) atoms. The SMILES string of the molecule is Clc1cccc(Cl)c1CN1CCC(Br)C1. The fourth-order valence-corrected chi connectivity index (χ4v) is 2.97. The van der Waals surface area contributed by atoms with Gasteiger partial charge in [-0.2, -0.15) is 0 Å². The Morgan fingerprint density at radius 2 is 2.00 bits per heavy atom. The van der Waals surface area contributed by atoms with Gasteiger partial charge in [0.05, 0.1) is 0 Å². The monoisotopic (exact) mass is 307 g/mol. The first-order chi connectivity index (χ1) is 7.16. The molecular weight excluding hydrogens is 297 g/mol. The van der Waals surface area contributed by atoms with Gasteiger partial charge in [-0.3, -0.25) is 4.90 Å². The van der Waals surface area contributed by atoms with Crippen LogP contribution >= 0.6 is 39.1 Å². The van der Waals surface area contributed by atoms with Crippen molar-refractivity contribution < 1.29 is 0 Å². The van der Waals surface area contributed by atoms with Gasteiger partial charge in [-0.1, -0.05) is 45.2 Å². The fourth-order valence-electron chi connectivity index (χ4n) is 1.84. The number of rotatable bonds is 2. The molecule has 0 aliphatic carbocycles. The summed E-state index contributed by atoms with van der Waals surface area (Å²) in [6, 6.07) is 5.67. The van der Waals surface area contributed by atoms with E-state index in [4.69, 9.17) is 23.2 Å². The standard InChI is InChI=1S/C11H12BrCl2N/c12-8-4-5-15(6-8)7-9-10(13)2-1-3-11(9)14/h1-3,8H,4-7H2. The Balaban J connectivity index is 2.10. The second-order valence-electron chi connectivity index (χ2n) is 3.82. The van der Waals surface area contributed by atoms with E-state index < -0.39 is 0 Å². The molecule has 2 rings (SSSR count). The van der Waals surface area contributed by atoms with Crippen molar-refractivity contribution in [3.63, 3.8) is 0 Å². The quantitative estimate of drug-likeness (QED) is 0.747. The maximum atomic E-state index is 6.12. The molecule has 82 valence electrons. The number of hydrogen-bond acceptors (Lipinski definition) is 1. The molecule has 0 aromatic heterocycles. The average molecular weight is 309 g/mol. The van der Waals surface area contributed by atoms with Crippen molar-refractivity contribution in [1.29, 1.82) is 0 Å². The average Bonchev–Trinajstić information content (AvgIpc) is 2.58. The minimum absolute atomic E-state index is 0.610. The van der Waals surface area contributed by atoms with E-state index in [2.05, 4.69) is 20.8 Å². The zero-order chi connectivity index (χ0) is 10.8. The zero-order valence-electron chi connectivity index (χ0n) is 8.22. The molecule has 1 aromatic rings. The van der Waals surface area contributed by atoms with Crippen LogP contribution < -0.4 is 0 Å². The third-order valence-electron chi connectivity index (χ3n) is 2.66. The Bertz CT molecular complexity index is 336. The highest BCUT2D eigenvalue weighted by molar-refractivity contribution is 9.09. The van der Waals surface area contributed by atoms with Crippen LogP contribution in [0.3, 0.4) is 0 Å². The van der Waals surface area contributed by atoms with Crippen LogP contribution in [0.25, 0.3) is 0 Å². The summed E-state index contributed by atoms with van der Waals surface area (Å²) in [5, 5.41) is 1.53. The van der Waals surface area contributed by atoms with Gasteiger partial charge < -0.3 is 0 Å². The van der Waals surface area contributed by atoms with E-state index >= 15 is 0 Å². The lowest BCUT2D eigenvalue weighted by Crippen LogP contribution is -2.20. The molecule has 1 saturated heterocycles. The molecule has 0 radical (unpaired) electrons. The van der Waals surface area contributed by atoms with Crippen LogP contribution in [0.4, 0.5) is 0 Å². The first-order valence-corrected chi connectivity index (χ1v) is 6.63. The normalized spacial score (nSPS) is 22.2. The predicted octanol–water partition coefficient (Wildman–Crippen LogP) is 3.96. The first-order valence-electron chi connectivity index (χ1n) is 4.96. The van der Waals surface area contributed by atoms with Gasteiger partial charge in [-0.05, 0) is 25.1 Å². The molecule has 1 unspecified atom stereocenters. The van der Waals surface area contributed by atoms with Gasteiger partial charge in [-0.15, -0.1) is 0 Å². The number of hydrogen-bond donors (Lipinski definition) is 0. The van der Waals surface area contributed by atoms with Crippen molar-refractivity contribution in [2.24, 2.45) is 0 Å². The van der Waals surface area contributed by atoms with E-state index in [1.165, 1.54) is 6.42 Å². The van der Waals surface area contributed by atoms with Crippen LogP contribution in [0, 0.1) is 0 Å². The summed E-state index contributed by atoms with van der Waals surface area (Å²) in [7, 11) is 0. The molecule has 0 saturated carbocycles. The van der Waals surface area contributed by atoms with E-state index in [1.807, 2.05) is 18.2 Å². The van der Waals surface area contributed by atoms with E-state index in [1.54, 1.807) is 0 Å². The Labute approximate surface area is 108 Å². The van der Waals surface area contributed by atoms with Gasteiger partial charge in [0.15, 0.2) is 0 Å². The van der Waals surface area contributed by atoms with Crippen LogP contribution in [0.2, 0.25) is 10.0 Å². The Morgan fingerprint density at radius 3 is 2.53 bits per heavy atom. The van der Waals surface area contributed by atoms with Gasteiger partial charge in [-0.25, -0.2) is 0 Å². The van der Waals surface area contributed by atoms with Crippen LogP contribution in [-0.4, -0.2) is 22.8 Å². The molecule has 1 atom stereocenters. The summed E-state index contributed by atoms with van der Waals surface area (Å²) >= 11 is 15.9. The fraction of sp³-hybridized carbons (Fsp3) is 0.455. The summed E-state index contributed by atoms with van der Waals surface area (Å²) in [6.07, 6.45) is 1.20. The number of likely N-dealkylation sites (tertiary alicyclic amines) is 1. The van der Waals surface area contributed by atoms with Gasteiger partial charge in [0, 0.05) is 33.5 Å². The molecule has 1 aliphatic heterocycles. The van der Waals surface area contributed by atoms with Crippen molar-refractivity contribution in [1.82, 2.24) is 4.90 Å². The van der Waals surface area contributed by atoms with Crippen molar-refractivity contribution in [2.45, 2.75) is 17.8 Å². The van der Waals surface area contributed by atoms with E-state index in [0.29, 0.717) is 4.83 Å². The summed E-state index contributed by atoms with van der Waals surface area (Å²) in [5.41, 5.74) is 1.04. The summed E-state index contributed by atoms with van der Waals surface area (Å²) in [6.45, 7) is 3.03. The summed E-state index contributed by atoms with van der Waals surface area (Å²) < 4.78 is 0. The van der Waals surface area contributed by atoms with Crippen molar-refractivity contribution in [2.75, 3.05) is 13.1 Å². The van der Waals surface area contributed by atoms with Gasteiger partial charge >= 0.3 is 0 Å². The molecule has 0 amide bonds. The lowest BCUT2D eigenvalue weighted by atomic mass is 10.2. The smallest absolute Gasteiger partial charge is 0.0465 e. The molecule has 1 aromatic carbocycles. The maximum Gasteiger partial charge on any atom is 0.0465 e. The molecule has 1 aliphatic rings. The molecule has 0 spiro atoms. The molecule has 1 heterocycles. The van der Waals surface area contributed by atoms with Crippen molar-refractivity contribution in [3.05, 3.63) is 33.8 Å². The van der Waals surface area contributed by atoms with E-state index in [9.17, 15) is 0 Å². The highest BCUT2D eigenvalue weighted by Crippen LogP contribution is 2.27. The second-order valence-corrected chi connectivity index (χ2v) is 5.93. The first kappa shape index (κ1) is 11.7. The molecule has 0 bridgehead atoms. The summed E-state index contributed by atoms with van der Waals surface area (Å²) in [5.74, 6) is 0. The molecule has 1 fully saturated rings. The maximum absolute atomic E-state index is 6.12. The molecule has 4 heteroatoms. The third kappa shape index (κ3) is 2.88. The van der Waals surface area contributed by atoms with Crippen molar-refractivity contribution in [3.8, 4) is 0 Å². The Morgan fingerprint density at radius 1 is 1.33 bits per heavy atom. The number of halogens is 3. The van der Waals surface area contributed by atoms with Crippen LogP contribution in [0.1, 0.15) is 12.0 Å². The predicted molar refractivity (Wildman–Crippen MR) is 69.1 cm³/mol. The largest absolute Gasteiger partial charge is 0.298 e. The van der Waals surface area contributed by atoms with Gasteiger partial charge in [0.2, 0.25) is 0 Å². The number of nitrogens with zero attached hydrogens (tertiary/aromatic N) is 1. The van der Waals surface area contributed by atoms with Crippen molar-refractivity contribution >= 4 is 39.1 Å². The lowest BCUT2D eigenvalue weighted by Gasteiger charge is -2.16. The molecular formula is C11H12BrCl2N. The molecule has 1 nitrogen and oxygen atoms in total. The number of benzene rings is 1. The van der Waals surface area contributed by atoms with Crippen LogP contribution in [-0.2, 0) is 6.54 Å². The highest BCUT2D eigenvalue weighted by Gasteiger charge is 2.21. The minimum atomic E-state index is 0.610. The Hall–Kier alpha value is 0.240. The minimum Gasteiger partial charge on any atom is -0.298 e. The van der Waals surface area contributed by atoms with E-state index in [0.717, 1.165) is 35.2 Å². The Kier molecular flexibility index (Phi) is 3.94. The lowest BCUT2D eigenvalue weighted by molar-refractivity contribution is 0.333. The van der Waals surface area contributed by atoms with E-state index in [-0.39, 0.29) is 0 Å².